The molecule has 0 radical (unpaired) electrons. The van der Waals surface area contributed by atoms with Crippen molar-refractivity contribution in [2.24, 2.45) is 0 Å². The van der Waals surface area contributed by atoms with Gasteiger partial charge in [-0.15, -0.1) is 0 Å². The lowest BCUT2D eigenvalue weighted by Crippen LogP contribution is -2.33. The number of rotatable bonds is 5. The smallest absolute Gasteiger partial charge is 0.260 e. The first-order valence-corrected chi connectivity index (χ1v) is 7.18. The quantitative estimate of drug-likeness (QED) is 0.842. The number of aryl methyl sites for hydroxylation is 1. The third-order valence-electron chi connectivity index (χ3n) is 3.71. The van der Waals surface area contributed by atoms with Crippen LogP contribution in [0.15, 0.2) is 48.5 Å². The van der Waals surface area contributed by atoms with Crippen LogP contribution in [0.4, 0.5) is 4.39 Å². The molecule has 0 fully saturated rings. The number of carbonyl (C=O) groups excluding carboxylic acids is 1. The van der Waals surface area contributed by atoms with E-state index in [2.05, 4.69) is 0 Å². The van der Waals surface area contributed by atoms with Gasteiger partial charge in [-0.05, 0) is 43.7 Å². The normalized spacial score (nSPS) is 11.8. The number of benzene rings is 2. The van der Waals surface area contributed by atoms with Crippen LogP contribution >= 0.6 is 0 Å². The van der Waals surface area contributed by atoms with Crippen LogP contribution in [-0.2, 0) is 4.79 Å². The molecule has 116 valence electrons. The van der Waals surface area contributed by atoms with Gasteiger partial charge in [-0.25, -0.2) is 4.39 Å². The van der Waals surface area contributed by atoms with Crippen LogP contribution in [0.2, 0.25) is 0 Å². The van der Waals surface area contributed by atoms with Gasteiger partial charge in [0, 0.05) is 7.05 Å². The van der Waals surface area contributed by atoms with Crippen LogP contribution < -0.4 is 4.74 Å². The summed E-state index contributed by atoms with van der Waals surface area (Å²) in [6, 6.07) is 13.6. The molecule has 0 saturated heterocycles. The zero-order valence-electron chi connectivity index (χ0n) is 13.0. The molecule has 0 N–H and O–H groups in total. The van der Waals surface area contributed by atoms with Crippen molar-refractivity contribution in [2.45, 2.75) is 19.9 Å². The SMILES string of the molecule is Cc1ccc(OCC(=O)N(C)C(C)c2ccc(F)cc2)cc1. The maximum Gasteiger partial charge on any atom is 0.260 e. The summed E-state index contributed by atoms with van der Waals surface area (Å²) in [5.74, 6) is 0.256. The van der Waals surface area contributed by atoms with Gasteiger partial charge in [0.25, 0.3) is 5.91 Å². The van der Waals surface area contributed by atoms with Crippen LogP contribution in [-0.4, -0.2) is 24.5 Å². The Labute approximate surface area is 130 Å². The number of amides is 1. The molecule has 0 bridgehead atoms. The van der Waals surface area contributed by atoms with Crippen LogP contribution in [0, 0.1) is 12.7 Å². The molecule has 3 nitrogen and oxygen atoms in total. The lowest BCUT2D eigenvalue weighted by Gasteiger charge is -2.25. The first-order chi connectivity index (χ1) is 10.5. The second kappa shape index (κ2) is 7.07. The average molecular weight is 301 g/mol. The van der Waals surface area contributed by atoms with Crippen LogP contribution in [0.5, 0.6) is 5.75 Å². The molecule has 22 heavy (non-hydrogen) atoms. The first kappa shape index (κ1) is 16.0. The second-order valence-electron chi connectivity index (χ2n) is 5.33. The molecule has 2 rings (SSSR count). The molecule has 0 aliphatic rings. The number of hydrogen-bond donors (Lipinski definition) is 0. The van der Waals surface area contributed by atoms with Crippen molar-refractivity contribution in [3.8, 4) is 5.75 Å². The van der Waals surface area contributed by atoms with Gasteiger partial charge in [0.15, 0.2) is 6.61 Å². The molecule has 0 aromatic heterocycles. The summed E-state index contributed by atoms with van der Waals surface area (Å²) in [4.78, 5) is 13.8. The summed E-state index contributed by atoms with van der Waals surface area (Å²) < 4.78 is 18.4. The molecule has 1 amide bonds. The van der Waals surface area contributed by atoms with Crippen molar-refractivity contribution in [3.63, 3.8) is 0 Å². The summed E-state index contributed by atoms with van der Waals surface area (Å²) in [5, 5.41) is 0. The Morgan fingerprint density at radius 2 is 1.73 bits per heavy atom. The maximum atomic E-state index is 12.9. The molecule has 0 aliphatic heterocycles. The topological polar surface area (TPSA) is 29.5 Å². The average Bonchev–Trinajstić information content (AvgIpc) is 2.53. The minimum absolute atomic E-state index is 0.0227. The molecule has 0 saturated carbocycles. The Balaban J connectivity index is 1.93. The van der Waals surface area contributed by atoms with E-state index in [0.717, 1.165) is 11.1 Å². The molecule has 4 heteroatoms. The lowest BCUT2D eigenvalue weighted by atomic mass is 10.1. The van der Waals surface area contributed by atoms with Crippen molar-refractivity contribution in [2.75, 3.05) is 13.7 Å². The number of ether oxygens (including phenoxy) is 1. The summed E-state index contributed by atoms with van der Waals surface area (Å²) in [6.07, 6.45) is 0. The predicted octanol–water partition coefficient (Wildman–Crippen LogP) is 3.73. The Bertz CT molecular complexity index is 623. The van der Waals surface area contributed by atoms with E-state index in [1.54, 1.807) is 24.1 Å². The lowest BCUT2D eigenvalue weighted by molar-refractivity contribution is -0.134. The highest BCUT2D eigenvalue weighted by atomic mass is 19.1. The van der Waals surface area contributed by atoms with E-state index >= 15 is 0 Å². The zero-order chi connectivity index (χ0) is 16.1. The van der Waals surface area contributed by atoms with E-state index in [9.17, 15) is 9.18 Å². The fourth-order valence-electron chi connectivity index (χ4n) is 2.06. The highest BCUT2D eigenvalue weighted by Gasteiger charge is 2.17. The van der Waals surface area contributed by atoms with Gasteiger partial charge in [0.2, 0.25) is 0 Å². The Morgan fingerprint density at radius 1 is 1.14 bits per heavy atom. The molecule has 0 spiro atoms. The fourth-order valence-corrected chi connectivity index (χ4v) is 2.06. The maximum absolute atomic E-state index is 12.9. The molecular weight excluding hydrogens is 281 g/mol. The second-order valence-corrected chi connectivity index (χ2v) is 5.33. The van der Waals surface area contributed by atoms with Gasteiger partial charge < -0.3 is 9.64 Å². The van der Waals surface area contributed by atoms with Gasteiger partial charge in [-0.1, -0.05) is 29.8 Å². The highest BCUT2D eigenvalue weighted by molar-refractivity contribution is 5.78. The van der Waals surface area contributed by atoms with E-state index in [1.807, 2.05) is 38.1 Å². The van der Waals surface area contributed by atoms with Gasteiger partial charge in [0.1, 0.15) is 11.6 Å². The zero-order valence-corrected chi connectivity index (χ0v) is 13.0. The van der Waals surface area contributed by atoms with E-state index < -0.39 is 0 Å². The largest absolute Gasteiger partial charge is 0.484 e. The van der Waals surface area contributed by atoms with Crippen molar-refractivity contribution in [1.82, 2.24) is 4.90 Å². The van der Waals surface area contributed by atoms with Crippen LogP contribution in [0.25, 0.3) is 0 Å². The minimum atomic E-state index is -0.285. The molecule has 1 unspecified atom stereocenters. The van der Waals surface area contributed by atoms with Gasteiger partial charge in [0.05, 0.1) is 6.04 Å². The van der Waals surface area contributed by atoms with Crippen molar-refractivity contribution < 1.29 is 13.9 Å². The number of nitrogens with zero attached hydrogens (tertiary/aromatic N) is 1. The molecule has 2 aromatic carbocycles. The number of hydrogen-bond acceptors (Lipinski definition) is 2. The molecule has 0 heterocycles. The number of likely N-dealkylation sites (N-methyl/N-ethyl adjacent to an activating group) is 1. The number of halogens is 1. The van der Waals surface area contributed by atoms with Gasteiger partial charge in [-0.2, -0.15) is 0 Å². The van der Waals surface area contributed by atoms with Gasteiger partial charge in [-0.3, -0.25) is 4.79 Å². The Hall–Kier alpha value is -2.36. The minimum Gasteiger partial charge on any atom is -0.484 e. The molecular formula is C18H20FNO2. The van der Waals surface area contributed by atoms with E-state index in [0.29, 0.717) is 5.75 Å². The summed E-state index contributed by atoms with van der Waals surface area (Å²) >= 11 is 0. The fraction of sp³-hybridized carbons (Fsp3) is 0.278. The summed E-state index contributed by atoms with van der Waals surface area (Å²) in [5.41, 5.74) is 2.02. The highest BCUT2D eigenvalue weighted by Crippen LogP contribution is 2.19. The van der Waals surface area contributed by atoms with Crippen LogP contribution in [0.1, 0.15) is 24.1 Å². The monoisotopic (exact) mass is 301 g/mol. The first-order valence-electron chi connectivity index (χ1n) is 7.18. The molecule has 2 aromatic rings. The van der Waals surface area contributed by atoms with Gasteiger partial charge >= 0.3 is 0 Å². The van der Waals surface area contributed by atoms with E-state index in [1.165, 1.54) is 12.1 Å². The predicted molar refractivity (Wildman–Crippen MR) is 84.3 cm³/mol. The van der Waals surface area contributed by atoms with Crippen molar-refractivity contribution >= 4 is 5.91 Å². The summed E-state index contributed by atoms with van der Waals surface area (Å²) in [7, 11) is 1.72. The third-order valence-corrected chi connectivity index (χ3v) is 3.71. The third kappa shape index (κ3) is 4.07. The van der Waals surface area contributed by atoms with Crippen LogP contribution in [0.3, 0.4) is 0 Å². The Morgan fingerprint density at radius 3 is 2.32 bits per heavy atom. The Kier molecular flexibility index (Phi) is 5.15. The van der Waals surface area contributed by atoms with Crippen molar-refractivity contribution in [3.05, 3.63) is 65.5 Å². The van der Waals surface area contributed by atoms with E-state index in [4.69, 9.17) is 4.74 Å². The summed E-state index contributed by atoms with van der Waals surface area (Å²) in [6.45, 7) is 3.87. The van der Waals surface area contributed by atoms with E-state index in [-0.39, 0.29) is 24.4 Å². The molecule has 1 atom stereocenters. The molecule has 0 aliphatic carbocycles. The standard InChI is InChI=1S/C18H20FNO2/c1-13-4-10-17(11-5-13)22-12-18(21)20(3)14(2)15-6-8-16(19)9-7-15/h4-11,14H,12H2,1-3H3. The van der Waals surface area contributed by atoms with Crippen molar-refractivity contribution in [1.29, 1.82) is 0 Å². The number of carbonyl (C=O) groups is 1.